The summed E-state index contributed by atoms with van der Waals surface area (Å²) in [6, 6.07) is 3.62. The molecular formula is C12H12BrNO. The molecule has 0 radical (unpaired) electrons. The Morgan fingerprint density at radius 1 is 1.47 bits per heavy atom. The van der Waals surface area contributed by atoms with Crippen LogP contribution in [0.15, 0.2) is 34.5 Å². The highest BCUT2D eigenvalue weighted by Gasteiger charge is 2.12. The molecular weight excluding hydrogens is 254 g/mol. The maximum atomic E-state index is 11.8. The molecule has 0 bridgehead atoms. The van der Waals surface area contributed by atoms with E-state index in [1.807, 2.05) is 6.07 Å². The normalized spacial score (nSPS) is 15.1. The first-order chi connectivity index (χ1) is 7.25. The van der Waals surface area contributed by atoms with Gasteiger partial charge in [-0.25, -0.2) is 0 Å². The van der Waals surface area contributed by atoms with Gasteiger partial charge in [-0.2, -0.15) is 0 Å². The van der Waals surface area contributed by atoms with Gasteiger partial charge in [0, 0.05) is 17.1 Å². The minimum Gasteiger partial charge on any atom is -0.292 e. The molecule has 1 aromatic heterocycles. The number of Topliss-reactive ketones (excluding diaryl/α,β-unsaturated/α-hetero) is 1. The molecule has 1 heterocycles. The summed E-state index contributed by atoms with van der Waals surface area (Å²) in [6.45, 7) is 0. The molecule has 2 nitrogen and oxygen atoms in total. The molecule has 0 fully saturated rings. The molecule has 0 unspecified atom stereocenters. The van der Waals surface area contributed by atoms with E-state index in [2.05, 4.69) is 27.0 Å². The molecule has 0 aliphatic heterocycles. The van der Waals surface area contributed by atoms with Crippen LogP contribution in [0, 0.1) is 0 Å². The molecule has 0 aromatic carbocycles. The fourth-order valence-corrected chi connectivity index (χ4v) is 1.97. The number of aromatic nitrogens is 1. The van der Waals surface area contributed by atoms with E-state index in [0.29, 0.717) is 12.1 Å². The fraction of sp³-hybridized carbons (Fsp3) is 0.333. The third-order valence-electron chi connectivity index (χ3n) is 2.54. The van der Waals surface area contributed by atoms with E-state index in [9.17, 15) is 4.79 Å². The minimum absolute atomic E-state index is 0.121. The second-order valence-corrected chi connectivity index (χ2v) is 4.63. The Bertz CT molecular complexity index is 395. The molecule has 0 atom stereocenters. The van der Waals surface area contributed by atoms with Crippen molar-refractivity contribution in [2.24, 2.45) is 0 Å². The van der Waals surface area contributed by atoms with Gasteiger partial charge in [0.15, 0.2) is 5.78 Å². The van der Waals surface area contributed by atoms with Crippen molar-refractivity contribution in [2.45, 2.75) is 25.7 Å². The smallest absolute Gasteiger partial charge is 0.185 e. The van der Waals surface area contributed by atoms with Crippen molar-refractivity contribution in [3.05, 3.63) is 40.1 Å². The molecule has 1 aliphatic carbocycles. The zero-order valence-corrected chi connectivity index (χ0v) is 9.96. The quantitative estimate of drug-likeness (QED) is 0.618. The summed E-state index contributed by atoms with van der Waals surface area (Å²) in [6.07, 6.45) is 7.76. The van der Waals surface area contributed by atoms with Gasteiger partial charge >= 0.3 is 0 Å². The van der Waals surface area contributed by atoms with Crippen LogP contribution in [0.3, 0.4) is 0 Å². The summed E-state index contributed by atoms with van der Waals surface area (Å²) in [4.78, 5) is 15.9. The zero-order chi connectivity index (χ0) is 10.7. The van der Waals surface area contributed by atoms with Gasteiger partial charge in [-0.15, -0.1) is 0 Å². The van der Waals surface area contributed by atoms with Gasteiger partial charge in [0.1, 0.15) is 5.69 Å². The second-order valence-electron chi connectivity index (χ2n) is 3.72. The summed E-state index contributed by atoms with van der Waals surface area (Å²) < 4.78 is 0.902. The molecule has 0 saturated heterocycles. The Morgan fingerprint density at radius 3 is 2.93 bits per heavy atom. The number of allylic oxidation sites excluding steroid dienone is 2. The molecule has 1 aromatic rings. The SMILES string of the molecule is O=C(CC1=CCCC1)c1ccc(Br)cn1. The molecule has 2 rings (SSSR count). The maximum Gasteiger partial charge on any atom is 0.185 e. The number of hydrogen-bond donors (Lipinski definition) is 0. The van der Waals surface area contributed by atoms with Crippen molar-refractivity contribution in [3.63, 3.8) is 0 Å². The van der Waals surface area contributed by atoms with Crippen molar-refractivity contribution in [3.8, 4) is 0 Å². The molecule has 3 heteroatoms. The van der Waals surface area contributed by atoms with E-state index in [0.717, 1.165) is 17.3 Å². The second kappa shape index (κ2) is 4.71. The molecule has 0 amide bonds. The summed E-state index contributed by atoms with van der Waals surface area (Å²) >= 11 is 3.30. The Balaban J connectivity index is 2.04. The van der Waals surface area contributed by atoms with Crippen LogP contribution in [-0.2, 0) is 0 Å². The Labute approximate surface area is 97.5 Å². The first-order valence-electron chi connectivity index (χ1n) is 5.08. The lowest BCUT2D eigenvalue weighted by Crippen LogP contribution is -2.02. The lowest BCUT2D eigenvalue weighted by atomic mass is 10.1. The average molecular weight is 266 g/mol. The van der Waals surface area contributed by atoms with E-state index in [4.69, 9.17) is 0 Å². The van der Waals surface area contributed by atoms with Crippen molar-refractivity contribution in [1.29, 1.82) is 0 Å². The molecule has 1 aliphatic rings. The van der Waals surface area contributed by atoms with Gasteiger partial charge < -0.3 is 0 Å². The Morgan fingerprint density at radius 2 is 2.33 bits per heavy atom. The molecule has 0 saturated carbocycles. The van der Waals surface area contributed by atoms with Crippen LogP contribution in [0.5, 0.6) is 0 Å². The molecule has 15 heavy (non-hydrogen) atoms. The highest BCUT2D eigenvalue weighted by molar-refractivity contribution is 9.10. The lowest BCUT2D eigenvalue weighted by molar-refractivity contribution is 0.0987. The van der Waals surface area contributed by atoms with Crippen LogP contribution in [0.25, 0.3) is 0 Å². The summed E-state index contributed by atoms with van der Waals surface area (Å²) in [7, 11) is 0. The number of carbonyl (C=O) groups excluding carboxylic acids is 1. The molecule has 78 valence electrons. The highest BCUT2D eigenvalue weighted by Crippen LogP contribution is 2.22. The summed E-state index contributed by atoms with van der Waals surface area (Å²) in [5.41, 5.74) is 1.83. The maximum absolute atomic E-state index is 11.8. The fourth-order valence-electron chi connectivity index (χ4n) is 1.74. The van der Waals surface area contributed by atoms with Crippen molar-refractivity contribution in [1.82, 2.24) is 4.98 Å². The number of rotatable bonds is 3. The van der Waals surface area contributed by atoms with Gasteiger partial charge in [-0.1, -0.05) is 11.6 Å². The van der Waals surface area contributed by atoms with E-state index < -0.39 is 0 Å². The first-order valence-corrected chi connectivity index (χ1v) is 5.87. The van der Waals surface area contributed by atoms with Crippen molar-refractivity contribution in [2.75, 3.05) is 0 Å². The van der Waals surface area contributed by atoms with Gasteiger partial charge in [-0.05, 0) is 47.3 Å². The number of nitrogens with zero attached hydrogens (tertiary/aromatic N) is 1. The monoisotopic (exact) mass is 265 g/mol. The van der Waals surface area contributed by atoms with Crippen LogP contribution in [0.2, 0.25) is 0 Å². The Hall–Kier alpha value is -0.960. The highest BCUT2D eigenvalue weighted by atomic mass is 79.9. The largest absolute Gasteiger partial charge is 0.292 e. The number of carbonyl (C=O) groups is 1. The van der Waals surface area contributed by atoms with Crippen LogP contribution >= 0.6 is 15.9 Å². The van der Waals surface area contributed by atoms with E-state index in [1.54, 1.807) is 12.3 Å². The third kappa shape index (κ3) is 2.75. The number of ketones is 1. The van der Waals surface area contributed by atoms with Gasteiger partial charge in [0.05, 0.1) is 0 Å². The first kappa shape index (κ1) is 10.6. The third-order valence-corrected chi connectivity index (χ3v) is 3.00. The summed E-state index contributed by atoms with van der Waals surface area (Å²) in [5, 5.41) is 0. The predicted molar refractivity (Wildman–Crippen MR) is 62.8 cm³/mol. The van der Waals surface area contributed by atoms with E-state index in [1.165, 1.54) is 12.0 Å². The van der Waals surface area contributed by atoms with Gasteiger partial charge in [0.2, 0.25) is 0 Å². The lowest BCUT2D eigenvalue weighted by Gasteiger charge is -2.01. The van der Waals surface area contributed by atoms with Crippen LogP contribution in [-0.4, -0.2) is 10.8 Å². The van der Waals surface area contributed by atoms with Crippen molar-refractivity contribution < 1.29 is 4.79 Å². The van der Waals surface area contributed by atoms with Crippen LogP contribution in [0.1, 0.15) is 36.2 Å². The van der Waals surface area contributed by atoms with E-state index in [-0.39, 0.29) is 5.78 Å². The number of hydrogen-bond acceptors (Lipinski definition) is 2. The standard InChI is InChI=1S/C12H12BrNO/c13-10-5-6-11(14-8-10)12(15)7-9-3-1-2-4-9/h3,5-6,8H,1-2,4,7H2. The summed E-state index contributed by atoms with van der Waals surface area (Å²) in [5.74, 6) is 0.121. The predicted octanol–water partition coefficient (Wildman–Crippen LogP) is 3.53. The zero-order valence-electron chi connectivity index (χ0n) is 8.37. The molecule has 0 spiro atoms. The van der Waals surface area contributed by atoms with E-state index >= 15 is 0 Å². The molecule has 0 N–H and O–H groups in total. The van der Waals surface area contributed by atoms with Gasteiger partial charge in [-0.3, -0.25) is 9.78 Å². The topological polar surface area (TPSA) is 30.0 Å². The van der Waals surface area contributed by atoms with Crippen LogP contribution < -0.4 is 0 Å². The number of halogens is 1. The van der Waals surface area contributed by atoms with Gasteiger partial charge in [0.25, 0.3) is 0 Å². The average Bonchev–Trinajstić information content (AvgIpc) is 2.71. The minimum atomic E-state index is 0.121. The van der Waals surface area contributed by atoms with Crippen LogP contribution in [0.4, 0.5) is 0 Å². The number of pyridine rings is 1. The Kier molecular flexibility index (Phi) is 3.31. The van der Waals surface area contributed by atoms with Crippen molar-refractivity contribution >= 4 is 21.7 Å².